The molecule has 0 aliphatic rings. The van der Waals surface area contributed by atoms with Gasteiger partial charge in [-0.3, -0.25) is 9.78 Å². The van der Waals surface area contributed by atoms with Gasteiger partial charge in [0.15, 0.2) is 0 Å². The summed E-state index contributed by atoms with van der Waals surface area (Å²) >= 11 is 12.0. The summed E-state index contributed by atoms with van der Waals surface area (Å²) in [5, 5.41) is 12.4. The first-order chi connectivity index (χ1) is 10.6. The van der Waals surface area contributed by atoms with E-state index in [1.807, 2.05) is 6.07 Å². The Morgan fingerprint density at radius 1 is 1.27 bits per heavy atom. The number of pyridine rings is 1. The SMILES string of the molecule is N#C[C@@H](NC(=O)/C=C/c1ccncc1)c1cccc(Cl)c1Cl. The average Bonchev–Trinajstić information content (AvgIpc) is 2.54. The normalized spacial score (nSPS) is 11.9. The number of benzene rings is 1. The summed E-state index contributed by atoms with van der Waals surface area (Å²) in [6.07, 6.45) is 6.23. The van der Waals surface area contributed by atoms with Gasteiger partial charge in [0.1, 0.15) is 6.04 Å². The molecule has 1 atom stereocenters. The lowest BCUT2D eigenvalue weighted by Crippen LogP contribution is -2.26. The molecule has 0 aliphatic carbocycles. The minimum atomic E-state index is -0.874. The monoisotopic (exact) mass is 331 g/mol. The van der Waals surface area contributed by atoms with Gasteiger partial charge in [0.05, 0.1) is 16.1 Å². The van der Waals surface area contributed by atoms with Crippen LogP contribution in [0.25, 0.3) is 6.08 Å². The molecule has 1 aromatic carbocycles. The van der Waals surface area contributed by atoms with Crippen LogP contribution in [-0.2, 0) is 4.79 Å². The molecular weight excluding hydrogens is 321 g/mol. The van der Waals surface area contributed by atoms with Crippen molar-refractivity contribution in [3.05, 3.63) is 70.0 Å². The third-order valence-corrected chi connectivity index (χ3v) is 3.67. The minimum Gasteiger partial charge on any atom is -0.333 e. The van der Waals surface area contributed by atoms with Crippen LogP contribution in [-0.4, -0.2) is 10.9 Å². The van der Waals surface area contributed by atoms with Crippen LogP contribution in [0.1, 0.15) is 17.2 Å². The van der Waals surface area contributed by atoms with Gasteiger partial charge < -0.3 is 5.32 Å². The second kappa shape index (κ2) is 7.60. The first-order valence-electron chi connectivity index (χ1n) is 6.34. The Morgan fingerprint density at radius 3 is 2.68 bits per heavy atom. The van der Waals surface area contributed by atoms with Crippen molar-refractivity contribution in [2.75, 3.05) is 0 Å². The lowest BCUT2D eigenvalue weighted by Gasteiger charge is -2.12. The number of amides is 1. The van der Waals surface area contributed by atoms with Gasteiger partial charge in [-0.15, -0.1) is 0 Å². The molecule has 2 rings (SSSR count). The average molecular weight is 332 g/mol. The number of nitrogens with one attached hydrogen (secondary N) is 1. The van der Waals surface area contributed by atoms with Gasteiger partial charge >= 0.3 is 0 Å². The van der Waals surface area contributed by atoms with E-state index in [0.29, 0.717) is 10.6 Å². The molecular formula is C16H11Cl2N3O. The largest absolute Gasteiger partial charge is 0.333 e. The molecule has 2 aromatic rings. The fourth-order valence-corrected chi connectivity index (χ4v) is 2.18. The van der Waals surface area contributed by atoms with Crippen LogP contribution in [0.2, 0.25) is 10.0 Å². The molecule has 0 unspecified atom stereocenters. The van der Waals surface area contributed by atoms with Crippen molar-refractivity contribution in [3.63, 3.8) is 0 Å². The summed E-state index contributed by atoms with van der Waals surface area (Å²) < 4.78 is 0. The van der Waals surface area contributed by atoms with Crippen molar-refractivity contribution in [1.29, 1.82) is 5.26 Å². The lowest BCUT2D eigenvalue weighted by atomic mass is 10.1. The summed E-state index contributed by atoms with van der Waals surface area (Å²) in [7, 11) is 0. The van der Waals surface area contributed by atoms with Crippen molar-refractivity contribution in [2.45, 2.75) is 6.04 Å². The highest BCUT2D eigenvalue weighted by Gasteiger charge is 2.17. The first kappa shape index (κ1) is 16.0. The van der Waals surface area contributed by atoms with Crippen LogP contribution in [0.15, 0.2) is 48.8 Å². The molecule has 0 saturated carbocycles. The van der Waals surface area contributed by atoms with E-state index in [4.69, 9.17) is 23.2 Å². The fourth-order valence-electron chi connectivity index (χ4n) is 1.76. The molecule has 0 aliphatic heterocycles. The highest BCUT2D eigenvalue weighted by molar-refractivity contribution is 6.42. The van der Waals surface area contributed by atoms with Gasteiger partial charge in [-0.2, -0.15) is 5.26 Å². The molecule has 1 amide bonds. The lowest BCUT2D eigenvalue weighted by molar-refractivity contribution is -0.116. The van der Waals surface area contributed by atoms with E-state index < -0.39 is 11.9 Å². The van der Waals surface area contributed by atoms with Crippen molar-refractivity contribution >= 4 is 35.2 Å². The number of rotatable bonds is 4. The Bertz CT molecular complexity index is 739. The number of hydrogen-bond donors (Lipinski definition) is 1. The van der Waals surface area contributed by atoms with Crippen LogP contribution in [0.3, 0.4) is 0 Å². The molecule has 1 N–H and O–H groups in total. The van der Waals surface area contributed by atoms with Gasteiger partial charge in [0, 0.05) is 24.0 Å². The zero-order valence-corrected chi connectivity index (χ0v) is 12.8. The van der Waals surface area contributed by atoms with E-state index in [0.717, 1.165) is 5.56 Å². The fraction of sp³-hybridized carbons (Fsp3) is 0.0625. The standard InChI is InChI=1S/C16H11Cl2N3O/c17-13-3-1-2-12(16(13)18)14(10-19)21-15(22)5-4-11-6-8-20-9-7-11/h1-9,14H,(H,21,22)/b5-4+/t14-/m1/s1. The smallest absolute Gasteiger partial charge is 0.245 e. The summed E-state index contributed by atoms with van der Waals surface area (Å²) in [6.45, 7) is 0. The van der Waals surface area contributed by atoms with Crippen LogP contribution in [0.5, 0.6) is 0 Å². The molecule has 0 saturated heterocycles. The Kier molecular flexibility index (Phi) is 5.54. The Morgan fingerprint density at radius 2 is 2.00 bits per heavy atom. The Hall–Kier alpha value is -2.35. The van der Waals surface area contributed by atoms with Gasteiger partial charge in [0.2, 0.25) is 5.91 Å². The predicted molar refractivity (Wildman–Crippen MR) is 86.2 cm³/mol. The maximum Gasteiger partial charge on any atom is 0.245 e. The van der Waals surface area contributed by atoms with Crippen LogP contribution in [0.4, 0.5) is 0 Å². The molecule has 0 radical (unpaired) electrons. The number of aromatic nitrogens is 1. The second-order valence-corrected chi connectivity index (χ2v) is 5.11. The van der Waals surface area contributed by atoms with E-state index in [1.165, 1.54) is 6.08 Å². The molecule has 110 valence electrons. The van der Waals surface area contributed by atoms with E-state index in [9.17, 15) is 10.1 Å². The third-order valence-electron chi connectivity index (χ3n) is 2.84. The van der Waals surface area contributed by atoms with Crippen molar-refractivity contribution < 1.29 is 4.79 Å². The van der Waals surface area contributed by atoms with Crippen LogP contribution >= 0.6 is 23.2 Å². The maximum atomic E-state index is 11.9. The van der Waals surface area contributed by atoms with Crippen LogP contribution in [0, 0.1) is 11.3 Å². The molecule has 1 aromatic heterocycles. The van der Waals surface area contributed by atoms with Crippen molar-refractivity contribution in [2.24, 2.45) is 0 Å². The topological polar surface area (TPSA) is 65.8 Å². The molecule has 0 spiro atoms. The maximum absolute atomic E-state index is 11.9. The van der Waals surface area contributed by atoms with Crippen LogP contribution < -0.4 is 5.32 Å². The first-order valence-corrected chi connectivity index (χ1v) is 7.09. The van der Waals surface area contributed by atoms with E-state index >= 15 is 0 Å². The number of halogens is 2. The number of carbonyl (C=O) groups excluding carboxylic acids is 1. The van der Waals surface area contributed by atoms with Gasteiger partial charge in [0.25, 0.3) is 0 Å². The molecule has 6 heteroatoms. The summed E-state index contributed by atoms with van der Waals surface area (Å²) in [6, 6.07) is 9.59. The van der Waals surface area contributed by atoms with E-state index in [2.05, 4.69) is 10.3 Å². The van der Waals surface area contributed by atoms with Gasteiger partial charge in [-0.05, 0) is 29.8 Å². The third kappa shape index (κ3) is 4.08. The van der Waals surface area contributed by atoms with E-state index in [-0.39, 0.29) is 5.02 Å². The van der Waals surface area contributed by atoms with Gasteiger partial charge in [-0.1, -0.05) is 35.3 Å². The highest BCUT2D eigenvalue weighted by atomic mass is 35.5. The summed E-state index contributed by atoms with van der Waals surface area (Å²) in [4.78, 5) is 15.8. The number of hydrogen-bond acceptors (Lipinski definition) is 3. The molecule has 4 nitrogen and oxygen atoms in total. The second-order valence-electron chi connectivity index (χ2n) is 4.33. The Labute approximate surface area is 138 Å². The zero-order valence-electron chi connectivity index (χ0n) is 11.3. The molecule has 0 fully saturated rings. The number of carbonyl (C=O) groups is 1. The van der Waals surface area contributed by atoms with Gasteiger partial charge in [-0.25, -0.2) is 0 Å². The zero-order chi connectivity index (χ0) is 15.9. The van der Waals surface area contributed by atoms with E-state index in [1.54, 1.807) is 48.8 Å². The quantitative estimate of drug-likeness (QED) is 0.867. The molecule has 22 heavy (non-hydrogen) atoms. The number of nitriles is 1. The van der Waals surface area contributed by atoms with Crippen molar-refractivity contribution in [1.82, 2.24) is 10.3 Å². The molecule has 0 bridgehead atoms. The highest BCUT2D eigenvalue weighted by Crippen LogP contribution is 2.29. The summed E-state index contributed by atoms with van der Waals surface area (Å²) in [5.74, 6) is -0.403. The minimum absolute atomic E-state index is 0.258. The molecule has 1 heterocycles. The Balaban J connectivity index is 2.11. The summed E-state index contributed by atoms with van der Waals surface area (Å²) in [5.41, 5.74) is 1.29. The van der Waals surface area contributed by atoms with Crippen molar-refractivity contribution in [3.8, 4) is 6.07 Å². The number of nitrogens with zero attached hydrogens (tertiary/aromatic N) is 2. The predicted octanol–water partition coefficient (Wildman–Crippen LogP) is 3.78.